The van der Waals surface area contributed by atoms with Gasteiger partial charge in [0.25, 0.3) is 0 Å². The Hall–Kier alpha value is -1.65. The van der Waals surface area contributed by atoms with E-state index in [0.29, 0.717) is 6.42 Å². The summed E-state index contributed by atoms with van der Waals surface area (Å²) >= 11 is 0. The van der Waals surface area contributed by atoms with Crippen molar-refractivity contribution < 1.29 is 23.8 Å². The molecule has 0 aromatic rings. The quantitative estimate of drug-likeness (QED) is 0.435. The van der Waals surface area contributed by atoms with Crippen LogP contribution in [0, 0.1) is 16.7 Å². The molecule has 2 atom stereocenters. The molecule has 2 fully saturated rings. The summed E-state index contributed by atoms with van der Waals surface area (Å²) in [6.07, 6.45) is 0.314. The first-order valence-electron chi connectivity index (χ1n) is 6.22. The second-order valence-corrected chi connectivity index (χ2v) is 6.02. The van der Waals surface area contributed by atoms with E-state index in [-0.39, 0.29) is 0 Å². The monoisotopic (exact) mass is 282 g/mol. The number of carbonyl (C=O) groups excluding carboxylic acids is 2. The SMILES string of the molecule is COC(=O)C1(C(=O)OC)OC12CC(C)(C)C(C)(C#N)N2. The van der Waals surface area contributed by atoms with Crippen LogP contribution in [0.15, 0.2) is 0 Å². The molecule has 0 aromatic heterocycles. The molecule has 20 heavy (non-hydrogen) atoms. The number of esters is 2. The molecule has 2 aliphatic rings. The normalized spacial score (nSPS) is 36.2. The summed E-state index contributed by atoms with van der Waals surface area (Å²) in [5, 5.41) is 12.4. The van der Waals surface area contributed by atoms with Gasteiger partial charge in [-0.1, -0.05) is 13.8 Å². The predicted octanol–water partition coefficient (Wildman–Crippen LogP) is 0.0995. The molecule has 0 amide bonds. The molecular formula is C13H18N2O5. The predicted molar refractivity (Wildman–Crippen MR) is 66.1 cm³/mol. The first-order valence-corrected chi connectivity index (χ1v) is 6.22. The van der Waals surface area contributed by atoms with Gasteiger partial charge in [0, 0.05) is 11.8 Å². The van der Waals surface area contributed by atoms with Crippen LogP contribution in [0.5, 0.6) is 0 Å². The van der Waals surface area contributed by atoms with Gasteiger partial charge in [0.15, 0.2) is 5.72 Å². The maximum Gasteiger partial charge on any atom is 0.354 e. The minimum atomic E-state index is -1.83. The Morgan fingerprint density at radius 2 is 1.70 bits per heavy atom. The van der Waals surface area contributed by atoms with Crippen LogP contribution in [-0.2, 0) is 23.8 Å². The van der Waals surface area contributed by atoms with Crippen LogP contribution >= 0.6 is 0 Å². The fourth-order valence-electron chi connectivity index (χ4n) is 2.89. The fourth-order valence-corrected chi connectivity index (χ4v) is 2.89. The number of ether oxygens (including phenoxy) is 3. The summed E-state index contributed by atoms with van der Waals surface area (Å²) in [4.78, 5) is 24.0. The second kappa shape index (κ2) is 3.93. The van der Waals surface area contributed by atoms with Crippen molar-refractivity contribution in [1.82, 2.24) is 5.32 Å². The third kappa shape index (κ3) is 1.46. The van der Waals surface area contributed by atoms with Crippen LogP contribution in [-0.4, -0.2) is 43.0 Å². The molecule has 0 aliphatic carbocycles. The number of hydrogen-bond donors (Lipinski definition) is 1. The van der Waals surface area contributed by atoms with Crippen molar-refractivity contribution in [1.29, 1.82) is 5.26 Å². The molecule has 2 saturated heterocycles. The van der Waals surface area contributed by atoms with E-state index in [1.54, 1.807) is 6.92 Å². The van der Waals surface area contributed by atoms with Gasteiger partial charge in [-0.15, -0.1) is 0 Å². The molecule has 1 spiro atoms. The molecule has 2 heterocycles. The highest BCUT2D eigenvalue weighted by Crippen LogP contribution is 2.61. The maximum atomic E-state index is 12.0. The number of rotatable bonds is 2. The van der Waals surface area contributed by atoms with Gasteiger partial charge in [-0.25, -0.2) is 9.59 Å². The molecule has 2 unspecified atom stereocenters. The average Bonchev–Trinajstić information content (AvgIpc) is 2.97. The number of hydrogen-bond acceptors (Lipinski definition) is 7. The van der Waals surface area contributed by atoms with Crippen LogP contribution in [0.3, 0.4) is 0 Å². The van der Waals surface area contributed by atoms with Crippen LogP contribution < -0.4 is 5.32 Å². The van der Waals surface area contributed by atoms with Crippen molar-refractivity contribution in [3.63, 3.8) is 0 Å². The van der Waals surface area contributed by atoms with Gasteiger partial charge < -0.3 is 14.2 Å². The molecular weight excluding hydrogens is 264 g/mol. The highest BCUT2D eigenvalue weighted by Gasteiger charge is 2.86. The van der Waals surface area contributed by atoms with Gasteiger partial charge >= 0.3 is 17.5 Å². The standard InChI is InChI=1S/C13H18N2O5/c1-10(2)6-12(15-11(10,3)7-14)13(20-12,8(16)18-4)9(17)19-5/h15H,6H2,1-5H3. The van der Waals surface area contributed by atoms with Gasteiger partial charge in [0.2, 0.25) is 0 Å². The summed E-state index contributed by atoms with van der Waals surface area (Å²) in [6.45, 7) is 5.46. The summed E-state index contributed by atoms with van der Waals surface area (Å²) in [5.74, 6) is -1.65. The number of methoxy groups -OCH3 is 2. The molecule has 7 nitrogen and oxygen atoms in total. The van der Waals surface area contributed by atoms with Crippen molar-refractivity contribution >= 4 is 11.9 Å². The van der Waals surface area contributed by atoms with E-state index in [0.717, 1.165) is 0 Å². The van der Waals surface area contributed by atoms with Gasteiger partial charge in [-0.05, 0) is 6.92 Å². The Bertz CT molecular complexity index is 507. The van der Waals surface area contributed by atoms with Crippen LogP contribution in [0.2, 0.25) is 0 Å². The largest absolute Gasteiger partial charge is 0.466 e. The fraction of sp³-hybridized carbons (Fsp3) is 0.769. The van der Waals surface area contributed by atoms with E-state index in [2.05, 4.69) is 20.9 Å². The lowest BCUT2D eigenvalue weighted by Crippen LogP contribution is -2.52. The summed E-state index contributed by atoms with van der Waals surface area (Å²) in [7, 11) is 2.35. The molecule has 1 N–H and O–H groups in total. The zero-order valence-electron chi connectivity index (χ0n) is 12.2. The number of nitriles is 1. The van der Waals surface area contributed by atoms with E-state index < -0.39 is 34.2 Å². The summed E-state index contributed by atoms with van der Waals surface area (Å²) < 4.78 is 14.8. The first-order chi connectivity index (χ1) is 9.14. The number of carbonyl (C=O) groups is 2. The van der Waals surface area contributed by atoms with Crippen LogP contribution in [0.1, 0.15) is 27.2 Å². The molecule has 0 radical (unpaired) electrons. The van der Waals surface area contributed by atoms with E-state index in [4.69, 9.17) is 4.74 Å². The highest BCUT2D eigenvalue weighted by molar-refractivity contribution is 6.08. The lowest BCUT2D eigenvalue weighted by Gasteiger charge is -2.30. The van der Waals surface area contributed by atoms with Gasteiger partial charge in [0.1, 0.15) is 5.54 Å². The molecule has 0 bridgehead atoms. The van der Waals surface area contributed by atoms with Crippen molar-refractivity contribution in [2.24, 2.45) is 5.41 Å². The van der Waals surface area contributed by atoms with E-state index in [9.17, 15) is 14.9 Å². The number of nitrogens with zero attached hydrogens (tertiary/aromatic N) is 1. The van der Waals surface area contributed by atoms with Gasteiger partial charge in [0.05, 0.1) is 20.3 Å². The summed E-state index contributed by atoms with van der Waals surface area (Å²) in [5.41, 5.74) is -4.51. The van der Waals surface area contributed by atoms with Crippen molar-refractivity contribution in [3.8, 4) is 6.07 Å². The maximum absolute atomic E-state index is 12.0. The topological polar surface area (TPSA) is 101 Å². The zero-order valence-corrected chi connectivity index (χ0v) is 12.2. The lowest BCUT2D eigenvalue weighted by molar-refractivity contribution is -0.161. The Morgan fingerprint density at radius 3 is 2.05 bits per heavy atom. The molecule has 7 heteroatoms. The number of nitrogens with one attached hydrogen (secondary N) is 1. The minimum Gasteiger partial charge on any atom is -0.466 e. The van der Waals surface area contributed by atoms with Gasteiger partial charge in [-0.3, -0.25) is 5.32 Å². The van der Waals surface area contributed by atoms with Gasteiger partial charge in [-0.2, -0.15) is 5.26 Å². The minimum absolute atomic E-state index is 0.314. The van der Waals surface area contributed by atoms with E-state index in [1.165, 1.54) is 14.2 Å². The van der Waals surface area contributed by atoms with E-state index in [1.807, 2.05) is 13.8 Å². The number of epoxide rings is 1. The van der Waals surface area contributed by atoms with Crippen molar-refractivity contribution in [2.75, 3.05) is 14.2 Å². The third-order valence-electron chi connectivity index (χ3n) is 4.52. The Labute approximate surface area is 117 Å². The van der Waals surface area contributed by atoms with Crippen LogP contribution in [0.4, 0.5) is 0 Å². The third-order valence-corrected chi connectivity index (χ3v) is 4.52. The second-order valence-electron chi connectivity index (χ2n) is 6.02. The zero-order chi connectivity index (χ0) is 15.4. The smallest absolute Gasteiger partial charge is 0.354 e. The molecule has 0 saturated carbocycles. The molecule has 2 rings (SSSR count). The summed E-state index contributed by atoms with van der Waals surface area (Å²) in [6, 6.07) is 2.18. The first kappa shape index (κ1) is 14.8. The Morgan fingerprint density at radius 1 is 1.20 bits per heavy atom. The van der Waals surface area contributed by atoms with Crippen molar-refractivity contribution in [3.05, 3.63) is 0 Å². The average molecular weight is 282 g/mol. The molecule has 110 valence electrons. The van der Waals surface area contributed by atoms with E-state index >= 15 is 0 Å². The highest BCUT2D eigenvalue weighted by atomic mass is 16.7. The van der Waals surface area contributed by atoms with Crippen molar-refractivity contribution in [2.45, 2.75) is 44.1 Å². The lowest BCUT2D eigenvalue weighted by atomic mass is 9.74. The Balaban J connectivity index is 2.44. The molecule has 0 aromatic carbocycles. The van der Waals surface area contributed by atoms with Crippen LogP contribution in [0.25, 0.3) is 0 Å². The molecule has 2 aliphatic heterocycles. The Kier molecular flexibility index (Phi) is 2.90.